The number of nitrogens with zero attached hydrogens (tertiary/aromatic N) is 1. The molecule has 3 rings (SSSR count). The second kappa shape index (κ2) is 11.5. The third-order valence-corrected chi connectivity index (χ3v) is 5.22. The molecule has 0 radical (unpaired) electrons. The first-order valence-corrected chi connectivity index (χ1v) is 10.7. The molecule has 1 atom stereocenters. The first-order valence-electron chi connectivity index (χ1n) is 10.7. The van der Waals surface area contributed by atoms with E-state index in [0.717, 1.165) is 11.1 Å². The van der Waals surface area contributed by atoms with Gasteiger partial charge in [0.25, 0.3) is 0 Å². The van der Waals surface area contributed by atoms with Gasteiger partial charge in [-0.05, 0) is 36.1 Å². The van der Waals surface area contributed by atoms with Gasteiger partial charge in [0, 0.05) is 18.7 Å². The average molecular weight is 478 g/mol. The maximum absolute atomic E-state index is 12.8. The fraction of sp³-hybridized carbons (Fsp3) is 0.348. The molecule has 182 valence electrons. The van der Waals surface area contributed by atoms with Gasteiger partial charge in [-0.15, -0.1) is 0 Å². The third kappa shape index (κ3) is 7.48. The van der Waals surface area contributed by atoms with E-state index in [4.69, 9.17) is 4.74 Å². The molecular formula is C23H25F3N4O4. The van der Waals surface area contributed by atoms with Gasteiger partial charge in [0.1, 0.15) is 0 Å². The van der Waals surface area contributed by atoms with Gasteiger partial charge >= 0.3 is 18.1 Å². The van der Waals surface area contributed by atoms with Crippen LogP contribution < -0.4 is 16.2 Å². The van der Waals surface area contributed by atoms with Crippen molar-refractivity contribution in [3.63, 3.8) is 0 Å². The number of anilines is 1. The van der Waals surface area contributed by atoms with E-state index in [1.807, 2.05) is 54.6 Å². The molecule has 11 heteroatoms. The van der Waals surface area contributed by atoms with Gasteiger partial charge in [0.05, 0.1) is 19.3 Å². The normalized spacial score (nSPS) is 16.0. The zero-order valence-electron chi connectivity index (χ0n) is 18.2. The summed E-state index contributed by atoms with van der Waals surface area (Å²) in [6.07, 6.45) is -4.30. The van der Waals surface area contributed by atoms with Gasteiger partial charge in [-0.3, -0.25) is 20.4 Å². The van der Waals surface area contributed by atoms with Crippen molar-refractivity contribution in [1.29, 1.82) is 0 Å². The summed E-state index contributed by atoms with van der Waals surface area (Å²) in [5, 5.41) is 2.89. The van der Waals surface area contributed by atoms with Crippen LogP contribution in [0.15, 0.2) is 54.6 Å². The number of ether oxygens (including phenoxy) is 1. The summed E-state index contributed by atoms with van der Waals surface area (Å²) in [4.78, 5) is 36.9. The van der Waals surface area contributed by atoms with Crippen LogP contribution in [0.2, 0.25) is 0 Å². The van der Waals surface area contributed by atoms with Crippen molar-refractivity contribution >= 4 is 23.5 Å². The van der Waals surface area contributed by atoms with Crippen LogP contribution in [0.4, 0.5) is 23.7 Å². The highest BCUT2D eigenvalue weighted by molar-refractivity contribution is 5.89. The third-order valence-electron chi connectivity index (χ3n) is 5.22. The second-order valence-corrected chi connectivity index (χ2v) is 7.74. The van der Waals surface area contributed by atoms with Crippen LogP contribution >= 0.6 is 0 Å². The Bertz CT molecular complexity index is 984. The number of benzene rings is 2. The number of carbonyl (C=O) groups excluding carboxylic acids is 3. The van der Waals surface area contributed by atoms with Gasteiger partial charge in [0.15, 0.2) is 0 Å². The van der Waals surface area contributed by atoms with Crippen LogP contribution in [0.3, 0.4) is 0 Å². The minimum atomic E-state index is -5.07. The van der Waals surface area contributed by atoms with Gasteiger partial charge < -0.3 is 15.0 Å². The molecule has 0 spiro atoms. The number of para-hydroxylation sites is 1. The number of amides is 4. The lowest BCUT2D eigenvalue weighted by Gasteiger charge is -2.35. The van der Waals surface area contributed by atoms with Crippen molar-refractivity contribution in [3.05, 3.63) is 65.7 Å². The molecule has 0 aliphatic carbocycles. The molecule has 2 aromatic rings. The van der Waals surface area contributed by atoms with Crippen molar-refractivity contribution in [2.75, 3.05) is 25.1 Å². The summed E-state index contributed by atoms with van der Waals surface area (Å²) in [5.41, 5.74) is 5.56. The fourth-order valence-electron chi connectivity index (χ4n) is 3.44. The van der Waals surface area contributed by atoms with E-state index in [2.05, 4.69) is 5.32 Å². The maximum atomic E-state index is 12.8. The SMILES string of the molecule is O=C(CCc1ccc(CC2COCCN2C(=O)Nc2ccccc2)cc1)NNC(=O)C(F)(F)F. The Balaban J connectivity index is 1.49. The molecule has 8 nitrogen and oxygen atoms in total. The number of urea groups is 1. The Hall–Kier alpha value is -3.60. The molecule has 0 aromatic heterocycles. The van der Waals surface area contributed by atoms with E-state index in [0.29, 0.717) is 31.9 Å². The summed E-state index contributed by atoms with van der Waals surface area (Å²) < 4.78 is 41.9. The number of hydrogen-bond donors (Lipinski definition) is 3. The summed E-state index contributed by atoms with van der Waals surface area (Å²) in [5.74, 6) is -2.97. The molecule has 0 bridgehead atoms. The van der Waals surface area contributed by atoms with Gasteiger partial charge in [-0.2, -0.15) is 13.2 Å². The van der Waals surface area contributed by atoms with E-state index in [1.54, 1.807) is 10.3 Å². The van der Waals surface area contributed by atoms with Crippen molar-refractivity contribution in [2.45, 2.75) is 31.5 Å². The highest BCUT2D eigenvalue weighted by Gasteiger charge is 2.38. The minimum Gasteiger partial charge on any atom is -0.377 e. The van der Waals surface area contributed by atoms with Crippen molar-refractivity contribution in [2.24, 2.45) is 0 Å². The number of morpholine rings is 1. The summed E-state index contributed by atoms with van der Waals surface area (Å²) >= 11 is 0. The van der Waals surface area contributed by atoms with Crippen LogP contribution in [0.5, 0.6) is 0 Å². The van der Waals surface area contributed by atoms with Crippen molar-refractivity contribution in [1.82, 2.24) is 15.8 Å². The molecule has 4 amide bonds. The predicted octanol–water partition coefficient (Wildman–Crippen LogP) is 2.80. The molecule has 1 saturated heterocycles. The molecule has 0 saturated carbocycles. The Labute approximate surface area is 194 Å². The molecule has 34 heavy (non-hydrogen) atoms. The van der Waals surface area contributed by atoms with Crippen LogP contribution in [0, 0.1) is 0 Å². The van der Waals surface area contributed by atoms with E-state index < -0.39 is 18.0 Å². The van der Waals surface area contributed by atoms with Crippen LogP contribution in [-0.2, 0) is 27.2 Å². The Morgan fingerprint density at radius 2 is 1.65 bits per heavy atom. The largest absolute Gasteiger partial charge is 0.472 e. The molecule has 1 unspecified atom stereocenters. The lowest BCUT2D eigenvalue weighted by molar-refractivity contribution is -0.175. The molecule has 1 heterocycles. The van der Waals surface area contributed by atoms with E-state index in [-0.39, 0.29) is 24.9 Å². The summed E-state index contributed by atoms with van der Waals surface area (Å²) in [6, 6.07) is 16.2. The molecular weight excluding hydrogens is 453 g/mol. The van der Waals surface area contributed by atoms with Gasteiger partial charge in [-0.1, -0.05) is 42.5 Å². The van der Waals surface area contributed by atoms with Crippen LogP contribution in [-0.4, -0.2) is 54.7 Å². The van der Waals surface area contributed by atoms with Crippen molar-refractivity contribution in [3.8, 4) is 0 Å². The number of rotatable bonds is 6. The van der Waals surface area contributed by atoms with Crippen molar-refractivity contribution < 1.29 is 32.3 Å². The first-order chi connectivity index (χ1) is 16.2. The fourth-order valence-corrected chi connectivity index (χ4v) is 3.44. The molecule has 2 aromatic carbocycles. The zero-order valence-corrected chi connectivity index (χ0v) is 18.2. The average Bonchev–Trinajstić information content (AvgIpc) is 2.82. The zero-order chi connectivity index (χ0) is 24.6. The number of hydrogen-bond acceptors (Lipinski definition) is 4. The highest BCUT2D eigenvalue weighted by atomic mass is 19.4. The number of aryl methyl sites for hydroxylation is 1. The molecule has 1 fully saturated rings. The van der Waals surface area contributed by atoms with Crippen LogP contribution in [0.1, 0.15) is 17.5 Å². The number of alkyl halides is 3. The van der Waals surface area contributed by atoms with Gasteiger partial charge in [-0.25, -0.2) is 4.79 Å². The molecule has 1 aliphatic heterocycles. The van der Waals surface area contributed by atoms with Crippen LogP contribution in [0.25, 0.3) is 0 Å². The highest BCUT2D eigenvalue weighted by Crippen LogP contribution is 2.17. The number of halogens is 3. The lowest BCUT2D eigenvalue weighted by atomic mass is 10.0. The lowest BCUT2D eigenvalue weighted by Crippen LogP contribution is -2.51. The standard InChI is InChI=1S/C23H25F3N4O4/c24-23(25,26)21(32)29-28-20(31)11-10-16-6-8-17(9-7-16)14-19-15-34-13-12-30(19)22(33)27-18-4-2-1-3-5-18/h1-9,19H,10-15H2,(H,27,33)(H,28,31)(H,29,32). The number of hydrazine groups is 1. The Morgan fingerprint density at radius 1 is 0.971 bits per heavy atom. The predicted molar refractivity (Wildman–Crippen MR) is 118 cm³/mol. The Morgan fingerprint density at radius 3 is 2.32 bits per heavy atom. The molecule has 1 aliphatic rings. The first kappa shape index (κ1) is 25.0. The number of nitrogens with one attached hydrogen (secondary N) is 3. The second-order valence-electron chi connectivity index (χ2n) is 7.74. The van der Waals surface area contributed by atoms with Gasteiger partial charge in [0.2, 0.25) is 5.91 Å². The van der Waals surface area contributed by atoms with E-state index in [9.17, 15) is 27.6 Å². The number of carbonyl (C=O) groups is 3. The Kier molecular flexibility index (Phi) is 8.47. The van der Waals surface area contributed by atoms with E-state index in [1.165, 1.54) is 5.43 Å². The summed E-state index contributed by atoms with van der Waals surface area (Å²) in [6.45, 7) is 1.35. The summed E-state index contributed by atoms with van der Waals surface area (Å²) in [7, 11) is 0. The molecule has 3 N–H and O–H groups in total. The maximum Gasteiger partial charge on any atom is 0.472 e. The quantitative estimate of drug-likeness (QED) is 0.556. The topological polar surface area (TPSA) is 99.8 Å². The monoisotopic (exact) mass is 478 g/mol. The smallest absolute Gasteiger partial charge is 0.377 e. The van der Waals surface area contributed by atoms with E-state index >= 15 is 0 Å². The minimum absolute atomic E-state index is 0.0958.